The molecule has 0 amide bonds. The molecule has 102 valence electrons. The average molecular weight is 292 g/mol. The van der Waals surface area contributed by atoms with Crippen LogP contribution < -0.4 is 4.72 Å². The highest BCUT2D eigenvalue weighted by molar-refractivity contribution is 7.89. The standard InChI is InChI=1S/C12H18ClNO3S/c1-9(2)12(7-8-15)14-18(16,17)11-5-3-10(13)4-6-11/h3-6,9,12,14-15H,7-8H2,1-2H3. The minimum atomic E-state index is -3.56. The van der Waals surface area contributed by atoms with Gasteiger partial charge >= 0.3 is 0 Å². The van der Waals surface area contributed by atoms with E-state index in [0.717, 1.165) is 0 Å². The van der Waals surface area contributed by atoms with Gasteiger partial charge in [-0.25, -0.2) is 13.1 Å². The Morgan fingerprint density at radius 1 is 1.28 bits per heavy atom. The Labute approximate surface area is 113 Å². The van der Waals surface area contributed by atoms with Crippen molar-refractivity contribution in [3.63, 3.8) is 0 Å². The second-order valence-electron chi connectivity index (χ2n) is 4.44. The van der Waals surface area contributed by atoms with Crippen LogP contribution in [0.4, 0.5) is 0 Å². The first-order chi connectivity index (χ1) is 8.36. The number of nitrogens with one attached hydrogen (secondary N) is 1. The van der Waals surface area contributed by atoms with Crippen molar-refractivity contribution in [2.75, 3.05) is 6.61 Å². The molecule has 1 unspecified atom stereocenters. The van der Waals surface area contributed by atoms with Gasteiger partial charge in [0, 0.05) is 17.7 Å². The molecular formula is C12H18ClNO3S. The highest BCUT2D eigenvalue weighted by atomic mass is 35.5. The molecular weight excluding hydrogens is 274 g/mol. The van der Waals surface area contributed by atoms with Crippen LogP contribution in [0.3, 0.4) is 0 Å². The second-order valence-corrected chi connectivity index (χ2v) is 6.59. The van der Waals surface area contributed by atoms with Crippen LogP contribution in [0.2, 0.25) is 5.02 Å². The minimum absolute atomic E-state index is 0.0496. The van der Waals surface area contributed by atoms with Crippen molar-refractivity contribution in [1.82, 2.24) is 4.72 Å². The summed E-state index contributed by atoms with van der Waals surface area (Å²) in [6.45, 7) is 3.77. The maximum absolute atomic E-state index is 12.1. The van der Waals surface area contributed by atoms with Gasteiger partial charge in [-0.3, -0.25) is 0 Å². The van der Waals surface area contributed by atoms with E-state index >= 15 is 0 Å². The van der Waals surface area contributed by atoms with Crippen LogP contribution in [0.1, 0.15) is 20.3 Å². The van der Waals surface area contributed by atoms with E-state index in [2.05, 4.69) is 4.72 Å². The molecule has 1 aromatic rings. The van der Waals surface area contributed by atoms with Gasteiger partial charge in [-0.15, -0.1) is 0 Å². The third-order valence-corrected chi connectivity index (χ3v) is 4.43. The zero-order chi connectivity index (χ0) is 13.8. The summed E-state index contributed by atoms with van der Waals surface area (Å²) in [5.41, 5.74) is 0. The molecule has 6 heteroatoms. The van der Waals surface area contributed by atoms with Gasteiger partial charge < -0.3 is 5.11 Å². The lowest BCUT2D eigenvalue weighted by Crippen LogP contribution is -2.39. The molecule has 1 rings (SSSR count). The molecule has 0 bridgehead atoms. The van der Waals surface area contributed by atoms with Crippen molar-refractivity contribution in [2.24, 2.45) is 5.92 Å². The number of sulfonamides is 1. The first-order valence-electron chi connectivity index (χ1n) is 5.75. The zero-order valence-corrected chi connectivity index (χ0v) is 12.0. The van der Waals surface area contributed by atoms with Crippen molar-refractivity contribution in [3.8, 4) is 0 Å². The summed E-state index contributed by atoms with van der Waals surface area (Å²) in [6.07, 6.45) is 0.393. The lowest BCUT2D eigenvalue weighted by atomic mass is 10.0. The van der Waals surface area contributed by atoms with Crippen molar-refractivity contribution < 1.29 is 13.5 Å². The summed E-state index contributed by atoms with van der Waals surface area (Å²) in [6, 6.07) is 5.71. The molecule has 0 aliphatic heterocycles. The fraction of sp³-hybridized carbons (Fsp3) is 0.500. The average Bonchev–Trinajstić information content (AvgIpc) is 2.28. The second kappa shape index (κ2) is 6.52. The molecule has 1 aromatic carbocycles. The summed E-state index contributed by atoms with van der Waals surface area (Å²) >= 11 is 5.72. The number of aliphatic hydroxyl groups is 1. The minimum Gasteiger partial charge on any atom is -0.396 e. The summed E-state index contributed by atoms with van der Waals surface area (Å²) in [4.78, 5) is 0.176. The van der Waals surface area contributed by atoms with E-state index in [-0.39, 0.29) is 23.5 Å². The molecule has 0 aromatic heterocycles. The van der Waals surface area contributed by atoms with E-state index in [9.17, 15) is 8.42 Å². The number of halogens is 1. The van der Waals surface area contributed by atoms with Gasteiger partial charge in [0.2, 0.25) is 10.0 Å². The maximum atomic E-state index is 12.1. The van der Waals surface area contributed by atoms with Gasteiger partial charge in [0.25, 0.3) is 0 Å². The van der Waals surface area contributed by atoms with Gasteiger partial charge in [-0.1, -0.05) is 25.4 Å². The molecule has 0 fully saturated rings. The number of hydrogen-bond acceptors (Lipinski definition) is 3. The summed E-state index contributed by atoms with van der Waals surface area (Å²) in [5, 5.41) is 9.43. The number of rotatable bonds is 6. The third-order valence-electron chi connectivity index (χ3n) is 2.68. The van der Waals surface area contributed by atoms with E-state index in [1.165, 1.54) is 24.3 Å². The smallest absolute Gasteiger partial charge is 0.240 e. The number of aliphatic hydroxyl groups excluding tert-OH is 1. The van der Waals surface area contributed by atoms with E-state index in [0.29, 0.717) is 11.4 Å². The predicted octanol–water partition coefficient (Wildman–Crippen LogP) is 2.03. The van der Waals surface area contributed by atoms with Crippen molar-refractivity contribution in [2.45, 2.75) is 31.2 Å². The molecule has 0 radical (unpaired) electrons. The fourth-order valence-electron chi connectivity index (χ4n) is 1.55. The third kappa shape index (κ3) is 4.24. The SMILES string of the molecule is CC(C)C(CCO)NS(=O)(=O)c1ccc(Cl)cc1. The number of hydrogen-bond donors (Lipinski definition) is 2. The number of benzene rings is 1. The monoisotopic (exact) mass is 291 g/mol. The molecule has 0 heterocycles. The lowest BCUT2D eigenvalue weighted by Gasteiger charge is -2.21. The van der Waals surface area contributed by atoms with Crippen LogP contribution in [0.5, 0.6) is 0 Å². The lowest BCUT2D eigenvalue weighted by molar-refractivity contribution is 0.256. The Balaban J connectivity index is 2.89. The Morgan fingerprint density at radius 3 is 2.28 bits per heavy atom. The summed E-state index contributed by atoms with van der Waals surface area (Å²) in [5.74, 6) is 0.110. The molecule has 0 saturated heterocycles. The Morgan fingerprint density at radius 2 is 1.83 bits per heavy atom. The maximum Gasteiger partial charge on any atom is 0.240 e. The quantitative estimate of drug-likeness (QED) is 0.843. The van der Waals surface area contributed by atoms with E-state index in [1.807, 2.05) is 13.8 Å². The fourth-order valence-corrected chi connectivity index (χ4v) is 3.09. The molecule has 2 N–H and O–H groups in total. The highest BCUT2D eigenvalue weighted by Crippen LogP contribution is 2.16. The van der Waals surface area contributed by atoms with Crippen molar-refractivity contribution in [3.05, 3.63) is 29.3 Å². The van der Waals surface area contributed by atoms with Crippen LogP contribution in [0.15, 0.2) is 29.2 Å². The Kier molecular flexibility index (Phi) is 5.59. The summed E-state index contributed by atoms with van der Waals surface area (Å²) < 4.78 is 26.8. The van der Waals surface area contributed by atoms with Crippen LogP contribution in [0, 0.1) is 5.92 Å². The Hall–Kier alpha value is -0.620. The van der Waals surface area contributed by atoms with E-state index in [1.54, 1.807) is 0 Å². The highest BCUT2D eigenvalue weighted by Gasteiger charge is 2.21. The topological polar surface area (TPSA) is 66.4 Å². The molecule has 0 saturated carbocycles. The molecule has 4 nitrogen and oxygen atoms in total. The molecule has 0 aliphatic carbocycles. The molecule has 0 aliphatic rings. The van der Waals surface area contributed by atoms with Crippen LogP contribution in [-0.4, -0.2) is 26.2 Å². The first kappa shape index (κ1) is 15.4. The largest absolute Gasteiger partial charge is 0.396 e. The molecule has 1 atom stereocenters. The predicted molar refractivity (Wildman–Crippen MR) is 72.1 cm³/mol. The van der Waals surface area contributed by atoms with Crippen molar-refractivity contribution >= 4 is 21.6 Å². The van der Waals surface area contributed by atoms with Gasteiger partial charge in [0.1, 0.15) is 0 Å². The van der Waals surface area contributed by atoms with E-state index < -0.39 is 10.0 Å². The summed E-state index contributed by atoms with van der Waals surface area (Å²) in [7, 11) is -3.56. The van der Waals surface area contributed by atoms with Crippen LogP contribution in [0.25, 0.3) is 0 Å². The normalized spacial score (nSPS) is 13.8. The van der Waals surface area contributed by atoms with Gasteiger partial charge in [-0.05, 0) is 36.6 Å². The van der Waals surface area contributed by atoms with E-state index in [4.69, 9.17) is 16.7 Å². The van der Waals surface area contributed by atoms with Crippen LogP contribution >= 0.6 is 11.6 Å². The first-order valence-corrected chi connectivity index (χ1v) is 7.61. The van der Waals surface area contributed by atoms with Gasteiger partial charge in [-0.2, -0.15) is 0 Å². The zero-order valence-electron chi connectivity index (χ0n) is 10.4. The molecule has 18 heavy (non-hydrogen) atoms. The van der Waals surface area contributed by atoms with Gasteiger partial charge in [0.05, 0.1) is 4.90 Å². The van der Waals surface area contributed by atoms with Gasteiger partial charge in [0.15, 0.2) is 0 Å². The van der Waals surface area contributed by atoms with Crippen LogP contribution in [-0.2, 0) is 10.0 Å². The molecule has 0 spiro atoms. The van der Waals surface area contributed by atoms with Crippen molar-refractivity contribution in [1.29, 1.82) is 0 Å². The Bertz CT molecular complexity index is 471.